The Balaban J connectivity index is 1.73. The number of anilines is 1. The average molecular weight is 445 g/mol. The van der Waals surface area contributed by atoms with E-state index in [1.807, 2.05) is 25.1 Å². The molecule has 4 aromatic rings. The van der Waals surface area contributed by atoms with E-state index in [4.69, 9.17) is 11.6 Å². The maximum atomic E-state index is 13.2. The van der Waals surface area contributed by atoms with Gasteiger partial charge in [0.05, 0.1) is 22.3 Å². The van der Waals surface area contributed by atoms with Crippen molar-refractivity contribution in [2.75, 3.05) is 4.90 Å². The molecule has 8 heteroatoms. The predicted octanol–water partition coefficient (Wildman–Crippen LogP) is 4.55. The number of nitrogens with zero attached hydrogens (tertiary/aromatic N) is 3. The van der Waals surface area contributed by atoms with Gasteiger partial charge in [-0.3, -0.25) is 19.5 Å². The molecule has 1 saturated heterocycles. The molecule has 0 saturated carbocycles. The van der Waals surface area contributed by atoms with Crippen molar-refractivity contribution >= 4 is 46.0 Å². The topological polar surface area (TPSA) is 99.2 Å². The summed E-state index contributed by atoms with van der Waals surface area (Å²) in [5, 5.41) is 11.5. The molecule has 1 aliphatic heterocycles. The van der Waals surface area contributed by atoms with Gasteiger partial charge in [-0.05, 0) is 48.9 Å². The van der Waals surface area contributed by atoms with Crippen molar-refractivity contribution in [2.45, 2.75) is 13.0 Å². The van der Waals surface area contributed by atoms with E-state index in [1.54, 1.807) is 42.6 Å². The third kappa shape index (κ3) is 3.23. The number of nitrogens with one attached hydrogen (secondary N) is 1. The van der Waals surface area contributed by atoms with Crippen LogP contribution >= 0.6 is 11.6 Å². The third-order valence-corrected chi connectivity index (χ3v) is 5.60. The van der Waals surface area contributed by atoms with Crippen LogP contribution in [0, 0.1) is 6.92 Å². The molecule has 1 unspecified atom stereocenters. The van der Waals surface area contributed by atoms with Crippen LogP contribution in [0.1, 0.15) is 22.9 Å². The number of aliphatic hydroxyl groups excluding tert-OH is 1. The molecular weight excluding hydrogens is 428 g/mol. The van der Waals surface area contributed by atoms with Crippen LogP contribution < -0.4 is 4.90 Å². The number of fused-ring (bicyclic) bond motifs is 1. The number of pyridine rings is 1. The first kappa shape index (κ1) is 20.0. The molecule has 1 aliphatic rings. The quantitative estimate of drug-likeness (QED) is 0.274. The molecule has 2 N–H and O–H groups in total. The summed E-state index contributed by atoms with van der Waals surface area (Å²) in [5.41, 5.74) is 3.09. The number of halogens is 1. The number of hydrogen-bond donors (Lipinski definition) is 2. The summed E-state index contributed by atoms with van der Waals surface area (Å²) in [6.07, 6.45) is 1.57. The number of carbonyl (C=O) groups is 2. The molecule has 2 aromatic heterocycles. The number of benzene rings is 2. The molecule has 1 amide bonds. The number of ketones is 1. The van der Waals surface area contributed by atoms with Crippen molar-refractivity contribution in [1.82, 2.24) is 15.0 Å². The number of carbonyl (C=O) groups excluding carboxylic acids is 2. The first-order chi connectivity index (χ1) is 15.4. The van der Waals surface area contributed by atoms with Gasteiger partial charge in [0.1, 0.15) is 11.8 Å². The van der Waals surface area contributed by atoms with Gasteiger partial charge in [-0.1, -0.05) is 35.9 Å². The zero-order valence-electron chi connectivity index (χ0n) is 16.9. The molecule has 158 valence electrons. The van der Waals surface area contributed by atoms with Crippen LogP contribution in [-0.4, -0.2) is 31.7 Å². The zero-order valence-corrected chi connectivity index (χ0v) is 17.7. The second-order valence-corrected chi connectivity index (χ2v) is 7.95. The van der Waals surface area contributed by atoms with E-state index in [0.29, 0.717) is 21.8 Å². The van der Waals surface area contributed by atoms with Crippen molar-refractivity contribution in [3.05, 3.63) is 94.3 Å². The molecule has 2 aromatic carbocycles. The Morgan fingerprint density at radius 1 is 1.09 bits per heavy atom. The van der Waals surface area contributed by atoms with E-state index in [-0.39, 0.29) is 17.3 Å². The van der Waals surface area contributed by atoms with Crippen LogP contribution in [-0.2, 0) is 9.59 Å². The van der Waals surface area contributed by atoms with Gasteiger partial charge in [0.2, 0.25) is 5.95 Å². The minimum atomic E-state index is -0.961. The van der Waals surface area contributed by atoms with Gasteiger partial charge in [0.25, 0.3) is 5.78 Å². The number of aromatic amines is 1. The highest BCUT2D eigenvalue weighted by atomic mass is 35.5. The number of Topliss-reactive ketones (excluding diaryl/α,β-unsaturated/α-hetero) is 1. The van der Waals surface area contributed by atoms with Crippen LogP contribution in [0.5, 0.6) is 0 Å². The van der Waals surface area contributed by atoms with Crippen LogP contribution in [0.15, 0.2) is 72.4 Å². The van der Waals surface area contributed by atoms with Gasteiger partial charge in [-0.15, -0.1) is 0 Å². The van der Waals surface area contributed by atoms with Gasteiger partial charge in [0, 0.05) is 16.8 Å². The summed E-state index contributed by atoms with van der Waals surface area (Å²) in [4.78, 5) is 39.5. The lowest BCUT2D eigenvalue weighted by molar-refractivity contribution is -0.132. The summed E-state index contributed by atoms with van der Waals surface area (Å²) in [5.74, 6) is -1.75. The average Bonchev–Trinajstić information content (AvgIpc) is 3.32. The summed E-state index contributed by atoms with van der Waals surface area (Å²) in [7, 11) is 0. The highest BCUT2D eigenvalue weighted by Gasteiger charge is 2.48. The number of hydrogen-bond acceptors (Lipinski definition) is 5. The smallest absolute Gasteiger partial charge is 0.302 e. The summed E-state index contributed by atoms with van der Waals surface area (Å²) in [6.45, 7) is 1.95. The highest BCUT2D eigenvalue weighted by molar-refractivity contribution is 6.51. The largest absolute Gasteiger partial charge is 0.507 e. The number of rotatable bonds is 3. The maximum absolute atomic E-state index is 13.2. The van der Waals surface area contributed by atoms with Gasteiger partial charge in [0.15, 0.2) is 0 Å². The minimum Gasteiger partial charge on any atom is -0.507 e. The summed E-state index contributed by atoms with van der Waals surface area (Å²) in [6, 6.07) is 16.3. The molecule has 1 atom stereocenters. The fourth-order valence-corrected chi connectivity index (χ4v) is 4.07. The van der Waals surface area contributed by atoms with Crippen LogP contribution in [0.25, 0.3) is 16.8 Å². The number of amides is 1. The molecule has 32 heavy (non-hydrogen) atoms. The van der Waals surface area contributed by atoms with E-state index in [0.717, 1.165) is 11.1 Å². The highest BCUT2D eigenvalue weighted by Crippen LogP contribution is 2.41. The Labute approximate surface area is 188 Å². The lowest BCUT2D eigenvalue weighted by Gasteiger charge is -2.22. The SMILES string of the molecule is Cc1ccc2nc(N3C(=O)C(=O)/C(=C(/O)c4cccc(Cl)c4)C3c3ccccn3)[nH]c2c1. The zero-order chi connectivity index (χ0) is 22.4. The lowest BCUT2D eigenvalue weighted by atomic mass is 9.98. The van der Waals surface area contributed by atoms with Crippen molar-refractivity contribution in [3.8, 4) is 0 Å². The summed E-state index contributed by atoms with van der Waals surface area (Å²) >= 11 is 6.07. The minimum absolute atomic E-state index is 0.0763. The number of aliphatic hydroxyl groups is 1. The van der Waals surface area contributed by atoms with E-state index < -0.39 is 17.7 Å². The fourth-order valence-electron chi connectivity index (χ4n) is 3.88. The van der Waals surface area contributed by atoms with Crippen molar-refractivity contribution in [1.29, 1.82) is 0 Å². The molecule has 0 aliphatic carbocycles. The molecule has 3 heterocycles. The molecule has 0 radical (unpaired) electrons. The van der Waals surface area contributed by atoms with Gasteiger partial charge >= 0.3 is 5.91 Å². The Morgan fingerprint density at radius 3 is 2.69 bits per heavy atom. The van der Waals surface area contributed by atoms with Crippen LogP contribution in [0.2, 0.25) is 5.02 Å². The number of aromatic nitrogens is 3. The van der Waals surface area contributed by atoms with E-state index in [1.165, 1.54) is 11.0 Å². The predicted molar refractivity (Wildman–Crippen MR) is 121 cm³/mol. The van der Waals surface area contributed by atoms with Crippen molar-refractivity contribution in [3.63, 3.8) is 0 Å². The fraction of sp³-hybridized carbons (Fsp3) is 0.0833. The van der Waals surface area contributed by atoms with Crippen molar-refractivity contribution < 1.29 is 14.7 Å². The number of H-pyrrole nitrogens is 1. The van der Waals surface area contributed by atoms with Gasteiger partial charge in [-0.25, -0.2) is 4.98 Å². The molecule has 1 fully saturated rings. The molecule has 5 rings (SSSR count). The summed E-state index contributed by atoms with van der Waals surface area (Å²) < 4.78 is 0. The molecule has 0 bridgehead atoms. The van der Waals surface area contributed by atoms with Gasteiger partial charge < -0.3 is 10.1 Å². The van der Waals surface area contributed by atoms with E-state index in [2.05, 4.69) is 15.0 Å². The normalized spacial score (nSPS) is 17.9. The van der Waals surface area contributed by atoms with Crippen LogP contribution in [0.4, 0.5) is 5.95 Å². The first-order valence-corrected chi connectivity index (χ1v) is 10.3. The Morgan fingerprint density at radius 2 is 1.94 bits per heavy atom. The number of imidazole rings is 1. The molecule has 0 spiro atoms. The third-order valence-electron chi connectivity index (χ3n) is 5.36. The Kier molecular flexibility index (Phi) is 4.75. The lowest BCUT2D eigenvalue weighted by Crippen LogP contribution is -2.30. The van der Waals surface area contributed by atoms with Gasteiger partial charge in [-0.2, -0.15) is 0 Å². The molecule has 7 nitrogen and oxygen atoms in total. The molecular formula is C24H17ClN4O3. The first-order valence-electron chi connectivity index (χ1n) is 9.88. The number of aryl methyl sites for hydroxylation is 1. The Bertz CT molecular complexity index is 1410. The second-order valence-electron chi connectivity index (χ2n) is 7.52. The standard InChI is InChI=1S/C24H17ClN4O3/c1-13-8-9-16-18(11-13)28-24(27-16)29-20(17-7-2-3-10-26-17)19(22(31)23(29)32)21(30)14-5-4-6-15(25)12-14/h2-12,20,30H,1H3,(H,27,28)/b21-19+. The van der Waals surface area contributed by atoms with Crippen LogP contribution in [0.3, 0.4) is 0 Å². The van der Waals surface area contributed by atoms with E-state index in [9.17, 15) is 14.7 Å². The maximum Gasteiger partial charge on any atom is 0.302 e. The monoisotopic (exact) mass is 444 g/mol. The Hall–Kier alpha value is -3.97. The van der Waals surface area contributed by atoms with E-state index >= 15 is 0 Å². The van der Waals surface area contributed by atoms with Crippen molar-refractivity contribution in [2.24, 2.45) is 0 Å². The second kappa shape index (κ2) is 7.62.